The highest BCUT2D eigenvalue weighted by Crippen LogP contribution is 2.41. The maximum atomic E-state index is 5.81. The fraction of sp³-hybridized carbons (Fsp3) is 0.538. The molecule has 0 atom stereocenters. The van der Waals surface area contributed by atoms with E-state index in [4.69, 9.17) is 24.7 Å². The van der Waals surface area contributed by atoms with Crippen LogP contribution in [0.1, 0.15) is 18.4 Å². The van der Waals surface area contributed by atoms with Gasteiger partial charge in [0.1, 0.15) is 0 Å². The van der Waals surface area contributed by atoms with Crippen LogP contribution < -0.4 is 15.2 Å². The third-order valence-electron chi connectivity index (χ3n) is 3.28. The molecule has 18 heavy (non-hydrogen) atoms. The van der Waals surface area contributed by atoms with E-state index in [2.05, 4.69) is 0 Å². The van der Waals surface area contributed by atoms with Crippen LogP contribution in [0.2, 0.25) is 0 Å². The van der Waals surface area contributed by atoms with Crippen LogP contribution >= 0.6 is 0 Å². The Morgan fingerprint density at radius 2 is 1.89 bits per heavy atom. The predicted molar refractivity (Wildman–Crippen MR) is 64.4 cm³/mol. The average molecular weight is 251 g/mol. The summed E-state index contributed by atoms with van der Waals surface area (Å²) in [7, 11) is 0. The third kappa shape index (κ3) is 1.94. The van der Waals surface area contributed by atoms with Gasteiger partial charge in [-0.1, -0.05) is 0 Å². The standard InChI is InChI=1S/C13H17NO4/c14-5-1-4-13(17-6-7-18-13)10-2-3-11-12(8-10)16-9-15-11/h2-3,8H,1,4-7,9,14H2. The van der Waals surface area contributed by atoms with Gasteiger partial charge in [0, 0.05) is 12.0 Å². The molecule has 0 aliphatic carbocycles. The molecule has 0 aromatic heterocycles. The summed E-state index contributed by atoms with van der Waals surface area (Å²) in [5.41, 5.74) is 6.55. The molecule has 2 aliphatic heterocycles. The molecule has 1 saturated heterocycles. The summed E-state index contributed by atoms with van der Waals surface area (Å²) >= 11 is 0. The van der Waals surface area contributed by atoms with E-state index >= 15 is 0 Å². The highest BCUT2D eigenvalue weighted by molar-refractivity contribution is 5.45. The molecule has 98 valence electrons. The van der Waals surface area contributed by atoms with Gasteiger partial charge in [0.05, 0.1) is 13.2 Å². The Morgan fingerprint density at radius 1 is 1.11 bits per heavy atom. The molecule has 5 heteroatoms. The van der Waals surface area contributed by atoms with E-state index in [1.807, 2.05) is 18.2 Å². The second kappa shape index (κ2) is 4.76. The summed E-state index contributed by atoms with van der Waals surface area (Å²) in [6, 6.07) is 5.80. The zero-order valence-corrected chi connectivity index (χ0v) is 10.2. The van der Waals surface area contributed by atoms with E-state index < -0.39 is 5.79 Å². The summed E-state index contributed by atoms with van der Waals surface area (Å²) in [6.45, 7) is 2.12. The fourth-order valence-corrected chi connectivity index (χ4v) is 2.38. The summed E-state index contributed by atoms with van der Waals surface area (Å²) in [4.78, 5) is 0. The van der Waals surface area contributed by atoms with E-state index in [0.29, 0.717) is 19.8 Å². The molecular formula is C13H17NO4. The summed E-state index contributed by atoms with van der Waals surface area (Å²) in [5, 5.41) is 0. The first-order chi connectivity index (χ1) is 8.84. The van der Waals surface area contributed by atoms with E-state index in [-0.39, 0.29) is 6.79 Å². The lowest BCUT2D eigenvalue weighted by molar-refractivity contribution is -0.171. The van der Waals surface area contributed by atoms with Crippen LogP contribution in [0.3, 0.4) is 0 Å². The van der Waals surface area contributed by atoms with Gasteiger partial charge in [-0.2, -0.15) is 0 Å². The number of nitrogens with two attached hydrogens (primary N) is 1. The smallest absolute Gasteiger partial charge is 0.231 e. The summed E-state index contributed by atoms with van der Waals surface area (Å²) in [6.07, 6.45) is 1.61. The van der Waals surface area contributed by atoms with Crippen LogP contribution in [-0.2, 0) is 15.3 Å². The molecule has 0 bridgehead atoms. The maximum Gasteiger partial charge on any atom is 0.231 e. The molecule has 0 unspecified atom stereocenters. The van der Waals surface area contributed by atoms with Gasteiger partial charge in [-0.3, -0.25) is 0 Å². The number of ether oxygens (including phenoxy) is 4. The Kier molecular flexibility index (Phi) is 3.11. The van der Waals surface area contributed by atoms with Crippen molar-refractivity contribution in [1.29, 1.82) is 0 Å². The van der Waals surface area contributed by atoms with Crippen LogP contribution in [0, 0.1) is 0 Å². The van der Waals surface area contributed by atoms with Gasteiger partial charge >= 0.3 is 0 Å². The SMILES string of the molecule is NCCCC1(c2ccc3c(c2)OCO3)OCCO1. The quantitative estimate of drug-likeness (QED) is 0.875. The van der Waals surface area contributed by atoms with Crippen molar-refractivity contribution in [1.82, 2.24) is 0 Å². The van der Waals surface area contributed by atoms with Crippen molar-refractivity contribution >= 4 is 0 Å². The number of hydrogen-bond acceptors (Lipinski definition) is 5. The van der Waals surface area contributed by atoms with Crippen molar-refractivity contribution in [3.8, 4) is 11.5 Å². The molecular weight excluding hydrogens is 234 g/mol. The first-order valence-electron chi connectivity index (χ1n) is 6.22. The van der Waals surface area contributed by atoms with Gasteiger partial charge in [0.15, 0.2) is 17.3 Å². The normalized spacial score (nSPS) is 20.3. The molecule has 0 spiro atoms. The van der Waals surface area contributed by atoms with Gasteiger partial charge in [-0.05, 0) is 31.2 Å². The van der Waals surface area contributed by atoms with E-state index in [1.165, 1.54) is 0 Å². The minimum atomic E-state index is -0.666. The van der Waals surface area contributed by atoms with Crippen LogP contribution in [0.25, 0.3) is 0 Å². The lowest BCUT2D eigenvalue weighted by Gasteiger charge is -2.27. The predicted octanol–water partition coefficient (Wildman–Crippen LogP) is 1.35. The van der Waals surface area contributed by atoms with Crippen LogP contribution in [0.5, 0.6) is 11.5 Å². The zero-order chi connectivity index (χ0) is 12.4. The molecule has 1 aromatic rings. The third-order valence-corrected chi connectivity index (χ3v) is 3.28. The van der Waals surface area contributed by atoms with Crippen molar-refractivity contribution in [3.05, 3.63) is 23.8 Å². The van der Waals surface area contributed by atoms with Gasteiger partial charge < -0.3 is 24.7 Å². The van der Waals surface area contributed by atoms with Crippen molar-refractivity contribution in [2.45, 2.75) is 18.6 Å². The lowest BCUT2D eigenvalue weighted by atomic mass is 10.00. The minimum absolute atomic E-state index is 0.274. The number of rotatable bonds is 4. The van der Waals surface area contributed by atoms with Crippen LogP contribution in [-0.4, -0.2) is 26.6 Å². The molecule has 1 fully saturated rings. The molecule has 2 heterocycles. The summed E-state index contributed by atoms with van der Waals surface area (Å²) < 4.78 is 22.3. The first kappa shape index (κ1) is 11.8. The highest BCUT2D eigenvalue weighted by Gasteiger charge is 2.38. The van der Waals surface area contributed by atoms with Crippen molar-refractivity contribution in [2.24, 2.45) is 5.73 Å². The molecule has 0 amide bonds. The zero-order valence-electron chi connectivity index (χ0n) is 10.2. The maximum absolute atomic E-state index is 5.81. The Balaban J connectivity index is 1.90. The summed E-state index contributed by atoms with van der Waals surface area (Å²) in [5.74, 6) is 0.852. The van der Waals surface area contributed by atoms with Gasteiger partial charge in [0.2, 0.25) is 6.79 Å². The Bertz CT molecular complexity index is 429. The monoisotopic (exact) mass is 251 g/mol. The molecule has 3 rings (SSSR count). The van der Waals surface area contributed by atoms with E-state index in [9.17, 15) is 0 Å². The molecule has 2 N–H and O–H groups in total. The van der Waals surface area contributed by atoms with E-state index in [1.54, 1.807) is 0 Å². The number of benzene rings is 1. The Morgan fingerprint density at radius 3 is 2.67 bits per heavy atom. The van der Waals surface area contributed by atoms with Crippen LogP contribution in [0.4, 0.5) is 0 Å². The second-order valence-corrected chi connectivity index (χ2v) is 4.41. The average Bonchev–Trinajstić information content (AvgIpc) is 3.05. The Labute approximate surface area is 106 Å². The van der Waals surface area contributed by atoms with E-state index in [0.717, 1.165) is 29.9 Å². The highest BCUT2D eigenvalue weighted by atomic mass is 16.7. The fourth-order valence-electron chi connectivity index (χ4n) is 2.38. The molecule has 5 nitrogen and oxygen atoms in total. The number of fused-ring (bicyclic) bond motifs is 1. The molecule has 0 saturated carbocycles. The van der Waals surface area contributed by atoms with Gasteiger partial charge in [0.25, 0.3) is 0 Å². The Hall–Kier alpha value is -1.30. The van der Waals surface area contributed by atoms with Crippen molar-refractivity contribution in [2.75, 3.05) is 26.6 Å². The minimum Gasteiger partial charge on any atom is -0.454 e. The first-order valence-corrected chi connectivity index (χ1v) is 6.22. The second-order valence-electron chi connectivity index (χ2n) is 4.41. The molecule has 1 aromatic carbocycles. The molecule has 2 aliphatic rings. The topological polar surface area (TPSA) is 62.9 Å². The van der Waals surface area contributed by atoms with Crippen molar-refractivity contribution < 1.29 is 18.9 Å². The van der Waals surface area contributed by atoms with Gasteiger partial charge in [-0.15, -0.1) is 0 Å². The van der Waals surface area contributed by atoms with Crippen LogP contribution in [0.15, 0.2) is 18.2 Å². The lowest BCUT2D eigenvalue weighted by Crippen LogP contribution is -2.28. The molecule has 0 radical (unpaired) electrons. The van der Waals surface area contributed by atoms with Gasteiger partial charge in [-0.25, -0.2) is 0 Å². The number of hydrogen-bond donors (Lipinski definition) is 1. The van der Waals surface area contributed by atoms with Crippen molar-refractivity contribution in [3.63, 3.8) is 0 Å². The largest absolute Gasteiger partial charge is 0.454 e.